The number of carbonyl (C=O) groups is 1. The molecule has 34 heavy (non-hydrogen) atoms. The van der Waals surface area contributed by atoms with E-state index in [9.17, 15) is 20.1 Å². The Morgan fingerprint density at radius 2 is 1.76 bits per heavy atom. The van der Waals surface area contributed by atoms with Crippen LogP contribution in [-0.4, -0.2) is 45.2 Å². The molecule has 0 saturated heterocycles. The van der Waals surface area contributed by atoms with Gasteiger partial charge in [0.15, 0.2) is 0 Å². The van der Waals surface area contributed by atoms with Gasteiger partial charge < -0.3 is 20.1 Å². The number of hydrogen-bond donors (Lipinski definition) is 3. The second kappa shape index (κ2) is 9.34. The van der Waals surface area contributed by atoms with Crippen LogP contribution in [0.2, 0.25) is 0 Å². The Hall–Kier alpha value is -0.650. The van der Waals surface area contributed by atoms with Crippen molar-refractivity contribution in [3.05, 3.63) is 0 Å². The van der Waals surface area contributed by atoms with Gasteiger partial charge in [-0.05, 0) is 79.4 Å². The molecule has 11 atom stereocenters. The molecule has 196 valence electrons. The van der Waals surface area contributed by atoms with Gasteiger partial charge in [0.25, 0.3) is 0 Å². The van der Waals surface area contributed by atoms with Crippen molar-refractivity contribution in [3.8, 4) is 0 Å². The quantitative estimate of drug-likeness (QED) is 0.463. The first-order chi connectivity index (χ1) is 15.8. The largest absolute Gasteiger partial charge is 0.459 e. The van der Waals surface area contributed by atoms with Crippen LogP contribution in [0.3, 0.4) is 0 Å². The molecular formula is C29H50O5. The maximum absolute atomic E-state index is 12.1. The van der Waals surface area contributed by atoms with E-state index in [0.717, 1.165) is 18.8 Å². The predicted molar refractivity (Wildman–Crippen MR) is 133 cm³/mol. The summed E-state index contributed by atoms with van der Waals surface area (Å²) in [5.41, 5.74) is -1.79. The molecule has 0 aromatic rings. The molecule has 11 unspecified atom stereocenters. The lowest BCUT2D eigenvalue weighted by molar-refractivity contribution is -0.286. The van der Waals surface area contributed by atoms with Crippen LogP contribution in [0.25, 0.3) is 0 Å². The Morgan fingerprint density at radius 3 is 2.41 bits per heavy atom. The molecule has 0 spiro atoms. The molecule has 5 nitrogen and oxygen atoms in total. The molecule has 4 aliphatic carbocycles. The fraction of sp³-hybridized carbons (Fsp3) is 0.966. The van der Waals surface area contributed by atoms with Gasteiger partial charge in [0.2, 0.25) is 0 Å². The first kappa shape index (κ1) is 26.4. The normalized spacial score (nSPS) is 49.2. The summed E-state index contributed by atoms with van der Waals surface area (Å²) >= 11 is 0. The van der Waals surface area contributed by atoms with E-state index in [1.165, 1.54) is 32.6 Å². The summed E-state index contributed by atoms with van der Waals surface area (Å²) in [6.45, 7) is 12.9. The minimum Gasteiger partial charge on any atom is -0.459 e. The van der Waals surface area contributed by atoms with Gasteiger partial charge in [-0.25, -0.2) is 0 Å². The zero-order valence-corrected chi connectivity index (χ0v) is 22.4. The third kappa shape index (κ3) is 4.16. The monoisotopic (exact) mass is 478 g/mol. The van der Waals surface area contributed by atoms with Gasteiger partial charge in [0.1, 0.15) is 11.7 Å². The van der Waals surface area contributed by atoms with E-state index >= 15 is 0 Å². The molecule has 0 heterocycles. The molecule has 5 heteroatoms. The summed E-state index contributed by atoms with van der Waals surface area (Å²) in [6.07, 6.45) is 7.35. The van der Waals surface area contributed by atoms with Crippen molar-refractivity contribution in [2.24, 2.45) is 46.3 Å². The number of rotatable bonds is 6. The third-order valence-corrected chi connectivity index (χ3v) is 11.2. The van der Waals surface area contributed by atoms with Gasteiger partial charge >= 0.3 is 5.97 Å². The SMILES string of the molecule is CC(=O)OC1CC2C3CCC(C(C)CCCC(C)C)C3(C)CC(O)C2C2(C)CCC(O)CC12O. The fourth-order valence-electron chi connectivity index (χ4n) is 9.72. The minimum atomic E-state index is -1.30. The lowest BCUT2D eigenvalue weighted by Crippen LogP contribution is -2.71. The number of aliphatic hydroxyl groups excluding tert-OH is 2. The maximum atomic E-state index is 12.1. The smallest absolute Gasteiger partial charge is 0.303 e. The molecule has 4 rings (SSSR count). The van der Waals surface area contributed by atoms with Crippen molar-refractivity contribution in [1.82, 2.24) is 0 Å². The van der Waals surface area contributed by atoms with Gasteiger partial charge in [0.05, 0.1) is 12.2 Å². The molecule has 0 bridgehead atoms. The Morgan fingerprint density at radius 1 is 1.06 bits per heavy atom. The van der Waals surface area contributed by atoms with E-state index < -0.39 is 29.3 Å². The Kier molecular flexibility index (Phi) is 7.25. The van der Waals surface area contributed by atoms with Gasteiger partial charge in [-0.15, -0.1) is 0 Å². The number of carbonyl (C=O) groups excluding carboxylic acids is 1. The lowest BCUT2D eigenvalue weighted by atomic mass is 9.41. The zero-order valence-electron chi connectivity index (χ0n) is 22.4. The summed E-state index contributed by atoms with van der Waals surface area (Å²) in [7, 11) is 0. The van der Waals surface area contributed by atoms with Crippen LogP contribution in [0.15, 0.2) is 0 Å². The van der Waals surface area contributed by atoms with Crippen molar-refractivity contribution in [2.45, 2.75) is 130 Å². The highest BCUT2D eigenvalue weighted by Crippen LogP contribution is 2.69. The van der Waals surface area contributed by atoms with E-state index in [2.05, 4.69) is 34.6 Å². The van der Waals surface area contributed by atoms with Gasteiger partial charge in [-0.3, -0.25) is 4.79 Å². The summed E-state index contributed by atoms with van der Waals surface area (Å²) in [5.74, 6) is 2.30. The molecule has 0 aromatic heterocycles. The van der Waals surface area contributed by atoms with Crippen molar-refractivity contribution >= 4 is 5.97 Å². The van der Waals surface area contributed by atoms with Crippen LogP contribution in [0, 0.1) is 46.3 Å². The number of aliphatic hydroxyl groups is 3. The Labute approximate surface area is 207 Å². The number of hydrogen-bond acceptors (Lipinski definition) is 5. The van der Waals surface area contributed by atoms with Crippen LogP contribution >= 0.6 is 0 Å². The topological polar surface area (TPSA) is 87.0 Å². The summed E-state index contributed by atoms with van der Waals surface area (Å²) in [6, 6.07) is 0. The van der Waals surface area contributed by atoms with Crippen LogP contribution in [0.1, 0.15) is 106 Å². The highest BCUT2D eigenvalue weighted by Gasteiger charge is 2.70. The van der Waals surface area contributed by atoms with Gasteiger partial charge in [0, 0.05) is 18.8 Å². The molecule has 0 aliphatic heterocycles. The first-order valence-corrected chi connectivity index (χ1v) is 14.1. The summed E-state index contributed by atoms with van der Waals surface area (Å²) < 4.78 is 5.81. The summed E-state index contributed by atoms with van der Waals surface area (Å²) in [5, 5.41) is 34.2. The third-order valence-electron chi connectivity index (χ3n) is 11.2. The highest BCUT2D eigenvalue weighted by molar-refractivity contribution is 5.66. The van der Waals surface area contributed by atoms with Crippen LogP contribution < -0.4 is 0 Å². The van der Waals surface area contributed by atoms with Crippen molar-refractivity contribution in [1.29, 1.82) is 0 Å². The maximum Gasteiger partial charge on any atom is 0.303 e. The average molecular weight is 479 g/mol. The molecule has 4 aliphatic rings. The van der Waals surface area contributed by atoms with Crippen molar-refractivity contribution in [3.63, 3.8) is 0 Å². The average Bonchev–Trinajstić information content (AvgIpc) is 3.05. The molecule has 0 aromatic carbocycles. The Bertz CT molecular complexity index is 753. The van der Waals surface area contributed by atoms with Crippen LogP contribution in [0.5, 0.6) is 0 Å². The Balaban J connectivity index is 1.63. The molecule has 3 N–H and O–H groups in total. The van der Waals surface area contributed by atoms with E-state index in [1.54, 1.807) is 0 Å². The predicted octanol–water partition coefficient (Wildman–Crippen LogP) is 5.10. The van der Waals surface area contributed by atoms with Crippen molar-refractivity contribution < 1.29 is 24.9 Å². The van der Waals surface area contributed by atoms with Crippen molar-refractivity contribution in [2.75, 3.05) is 0 Å². The molecule has 4 saturated carbocycles. The second-order valence-electron chi connectivity index (χ2n) is 13.6. The number of esters is 1. The zero-order chi connectivity index (χ0) is 25.1. The van der Waals surface area contributed by atoms with Gasteiger partial charge in [-0.1, -0.05) is 53.9 Å². The first-order valence-electron chi connectivity index (χ1n) is 14.1. The fourth-order valence-corrected chi connectivity index (χ4v) is 9.72. The molecule has 0 amide bonds. The number of ether oxygens (including phenoxy) is 1. The van der Waals surface area contributed by atoms with E-state index in [4.69, 9.17) is 4.74 Å². The number of fused-ring (bicyclic) bond motifs is 5. The highest BCUT2D eigenvalue weighted by atomic mass is 16.6. The van der Waals surface area contributed by atoms with Gasteiger partial charge in [-0.2, -0.15) is 0 Å². The van der Waals surface area contributed by atoms with E-state index in [1.807, 2.05) is 0 Å². The van der Waals surface area contributed by atoms with Crippen LogP contribution in [-0.2, 0) is 9.53 Å². The van der Waals surface area contributed by atoms with Crippen LogP contribution in [0.4, 0.5) is 0 Å². The minimum absolute atomic E-state index is 0.0233. The molecular weight excluding hydrogens is 428 g/mol. The van der Waals surface area contributed by atoms with E-state index in [-0.39, 0.29) is 29.6 Å². The summed E-state index contributed by atoms with van der Waals surface area (Å²) in [4.78, 5) is 12.1. The molecule has 4 fully saturated rings. The second-order valence-corrected chi connectivity index (χ2v) is 13.6. The standard InChI is InChI=1S/C29H50O5/c1-17(2)8-7-9-18(3)22-10-11-23-21-14-25(34-19(4)30)29(33)15-20(31)12-13-28(29,6)26(21)24(32)16-27(22,23)5/h17-18,20-26,31-33H,7-16H2,1-6H3. The van der Waals surface area contributed by atoms with E-state index in [0.29, 0.717) is 37.0 Å². The molecule has 0 radical (unpaired) electrons. The lowest BCUT2D eigenvalue weighted by Gasteiger charge is -2.66.